The minimum Gasteiger partial charge on any atom is -0.507 e. The predicted molar refractivity (Wildman–Crippen MR) is 179 cm³/mol. The molecule has 4 aromatic rings. The highest BCUT2D eigenvalue weighted by Gasteiger charge is 2.48. The molecule has 236 valence electrons. The molecule has 1 N–H and O–H groups in total. The Hall–Kier alpha value is -5.02. The number of ketones is 1. The van der Waals surface area contributed by atoms with Crippen LogP contribution in [0.15, 0.2) is 91.0 Å². The number of carbonyl (C=O) groups is 3. The zero-order valence-corrected chi connectivity index (χ0v) is 27.3. The summed E-state index contributed by atoms with van der Waals surface area (Å²) < 4.78 is 11.2. The molecule has 0 saturated carbocycles. The summed E-state index contributed by atoms with van der Waals surface area (Å²) in [5.74, 6) is -2.05. The van der Waals surface area contributed by atoms with Gasteiger partial charge in [-0.05, 0) is 65.8 Å². The molecule has 5 rings (SSSR count). The number of carbonyl (C=O) groups excluding carboxylic acids is 3. The van der Waals surface area contributed by atoms with Gasteiger partial charge in [0.2, 0.25) is 0 Å². The maximum atomic E-state index is 13.7. The van der Waals surface area contributed by atoms with Crippen molar-refractivity contribution in [2.24, 2.45) is 0 Å². The number of aromatic nitrogens is 1. The first-order valence-electron chi connectivity index (χ1n) is 14.8. The van der Waals surface area contributed by atoms with Gasteiger partial charge in [-0.2, -0.15) is 0 Å². The molecule has 8 nitrogen and oxygen atoms in total. The summed E-state index contributed by atoms with van der Waals surface area (Å²) in [6, 6.07) is 21.3. The third-order valence-corrected chi connectivity index (χ3v) is 8.97. The van der Waals surface area contributed by atoms with E-state index in [-0.39, 0.29) is 33.4 Å². The second-order valence-corrected chi connectivity index (χ2v) is 13.1. The summed E-state index contributed by atoms with van der Waals surface area (Å²) in [6.45, 7) is 13.9. The number of benzene rings is 3. The zero-order valence-electron chi connectivity index (χ0n) is 26.5. The maximum absolute atomic E-state index is 13.7. The van der Waals surface area contributed by atoms with Crippen molar-refractivity contribution in [2.45, 2.75) is 52.7 Å². The summed E-state index contributed by atoms with van der Waals surface area (Å²) in [5, 5.41) is 11.8. The van der Waals surface area contributed by atoms with Gasteiger partial charge in [0.05, 0.1) is 17.3 Å². The highest BCUT2D eigenvalue weighted by atomic mass is 32.1. The van der Waals surface area contributed by atoms with E-state index in [4.69, 9.17) is 9.47 Å². The Bertz CT molecular complexity index is 1830. The number of Topliss-reactive ketones (excluding diaryl/α,β-unsaturated/α-hetero) is 1. The Morgan fingerprint density at radius 2 is 1.70 bits per heavy atom. The van der Waals surface area contributed by atoms with E-state index in [2.05, 4.69) is 32.3 Å². The van der Waals surface area contributed by atoms with Crippen molar-refractivity contribution in [1.29, 1.82) is 0 Å². The second kappa shape index (κ2) is 13.1. The van der Waals surface area contributed by atoms with E-state index in [1.54, 1.807) is 31.2 Å². The van der Waals surface area contributed by atoms with Crippen LogP contribution in [0.5, 0.6) is 5.75 Å². The number of hydrogen-bond donors (Lipinski definition) is 1. The summed E-state index contributed by atoms with van der Waals surface area (Å²) in [7, 11) is 0. The summed E-state index contributed by atoms with van der Waals surface area (Å²) >= 11 is 0.955. The number of esters is 1. The number of amides is 1. The number of hydrogen-bond acceptors (Lipinski definition) is 8. The molecule has 0 bridgehead atoms. The van der Waals surface area contributed by atoms with E-state index in [1.807, 2.05) is 55.5 Å². The minimum atomic E-state index is -0.992. The molecule has 1 aliphatic heterocycles. The van der Waals surface area contributed by atoms with Crippen LogP contribution in [0.25, 0.3) is 5.76 Å². The van der Waals surface area contributed by atoms with Gasteiger partial charge in [0.15, 0.2) is 5.13 Å². The van der Waals surface area contributed by atoms with Gasteiger partial charge < -0.3 is 14.6 Å². The topological polar surface area (TPSA) is 106 Å². The van der Waals surface area contributed by atoms with Crippen molar-refractivity contribution in [3.63, 3.8) is 0 Å². The number of ether oxygens (including phenoxy) is 2. The van der Waals surface area contributed by atoms with E-state index >= 15 is 0 Å². The lowest BCUT2D eigenvalue weighted by atomic mass is 9.85. The molecule has 1 aliphatic rings. The normalized spacial score (nSPS) is 16.0. The van der Waals surface area contributed by atoms with E-state index in [9.17, 15) is 19.5 Å². The maximum Gasteiger partial charge on any atom is 0.350 e. The monoisotopic (exact) mass is 636 g/mol. The molecule has 9 heteroatoms. The number of nitrogens with zero attached hydrogens (tertiary/aromatic N) is 2. The van der Waals surface area contributed by atoms with Crippen molar-refractivity contribution < 1.29 is 29.0 Å². The first kappa shape index (κ1) is 32.4. The molecule has 1 aromatic heterocycles. The molecule has 1 amide bonds. The number of anilines is 1. The smallest absolute Gasteiger partial charge is 0.350 e. The van der Waals surface area contributed by atoms with Crippen LogP contribution < -0.4 is 9.64 Å². The number of aryl methyl sites for hydroxylation is 2. The van der Waals surface area contributed by atoms with Crippen LogP contribution in [0.3, 0.4) is 0 Å². The Kier molecular flexibility index (Phi) is 9.25. The van der Waals surface area contributed by atoms with Crippen LogP contribution in [0.1, 0.15) is 70.0 Å². The summed E-state index contributed by atoms with van der Waals surface area (Å²) in [5.41, 5.74) is 4.35. The number of rotatable bonds is 9. The number of aliphatic hydroxyl groups excluding tert-OH is 1. The van der Waals surface area contributed by atoms with Crippen molar-refractivity contribution >= 4 is 39.9 Å². The Morgan fingerprint density at radius 3 is 2.33 bits per heavy atom. The van der Waals surface area contributed by atoms with Gasteiger partial charge in [-0.25, -0.2) is 9.78 Å². The van der Waals surface area contributed by atoms with E-state index in [0.717, 1.165) is 28.0 Å². The average molecular weight is 637 g/mol. The molecule has 1 fully saturated rings. The number of aliphatic hydroxyl groups is 1. The Balaban J connectivity index is 1.55. The lowest BCUT2D eigenvalue weighted by molar-refractivity contribution is -0.132. The van der Waals surface area contributed by atoms with Gasteiger partial charge in [0.25, 0.3) is 5.78 Å². The average Bonchev–Trinajstić information content (AvgIpc) is 3.55. The predicted octanol–water partition coefficient (Wildman–Crippen LogP) is 7.61. The molecular formula is C37H36N2O6S. The quantitative estimate of drug-likeness (QED) is 0.0663. The largest absolute Gasteiger partial charge is 0.507 e. The van der Waals surface area contributed by atoms with Gasteiger partial charge >= 0.3 is 11.9 Å². The number of thiazole rings is 1. The minimum absolute atomic E-state index is 0.0197. The molecular weight excluding hydrogens is 600 g/mol. The molecule has 2 heterocycles. The summed E-state index contributed by atoms with van der Waals surface area (Å²) in [4.78, 5) is 46.0. The fourth-order valence-corrected chi connectivity index (χ4v) is 6.17. The second-order valence-electron chi connectivity index (χ2n) is 12.1. The van der Waals surface area contributed by atoms with Crippen LogP contribution >= 0.6 is 11.3 Å². The van der Waals surface area contributed by atoms with Gasteiger partial charge in [0.1, 0.15) is 29.6 Å². The standard InChI is InChI=1S/C37H36N2O6S/c1-7-20-44-35(43)33-23(3)38-36(46-33)39-30(24-12-16-27(17-13-24)37(4,5)6)29(32(41)34(39)42)31(40)25-14-18-28(19-15-25)45-21-26-11-9-8-10-22(26)2/h7-19,30,40H,1,20-21H2,2-6H3. The molecule has 3 aromatic carbocycles. The van der Waals surface area contributed by atoms with Gasteiger partial charge in [-0.3, -0.25) is 14.5 Å². The molecule has 1 unspecified atom stereocenters. The van der Waals surface area contributed by atoms with Gasteiger partial charge in [-0.15, -0.1) is 0 Å². The van der Waals surface area contributed by atoms with Crippen LogP contribution in [-0.4, -0.2) is 34.4 Å². The fraction of sp³-hybridized carbons (Fsp3) is 0.243. The lowest BCUT2D eigenvalue weighted by Gasteiger charge is -2.24. The third kappa shape index (κ3) is 6.50. The van der Waals surface area contributed by atoms with Crippen LogP contribution in [-0.2, 0) is 26.3 Å². The molecule has 0 aliphatic carbocycles. The molecule has 0 spiro atoms. The molecule has 1 saturated heterocycles. The molecule has 0 radical (unpaired) electrons. The first-order valence-corrected chi connectivity index (χ1v) is 15.7. The van der Waals surface area contributed by atoms with E-state index in [0.29, 0.717) is 29.2 Å². The molecule has 46 heavy (non-hydrogen) atoms. The van der Waals surface area contributed by atoms with Crippen molar-refractivity contribution in [1.82, 2.24) is 4.98 Å². The van der Waals surface area contributed by atoms with Crippen LogP contribution in [0.2, 0.25) is 0 Å². The van der Waals surface area contributed by atoms with Crippen molar-refractivity contribution in [2.75, 3.05) is 11.5 Å². The molecule has 1 atom stereocenters. The van der Waals surface area contributed by atoms with E-state index in [1.165, 1.54) is 11.0 Å². The zero-order chi connectivity index (χ0) is 33.2. The summed E-state index contributed by atoms with van der Waals surface area (Å²) in [6.07, 6.45) is 1.46. The SMILES string of the molecule is C=CCOC(=O)c1sc(N2C(=O)C(=O)C(=C(O)c3ccc(OCc4ccccc4C)cc3)C2c2ccc(C(C)(C)C)cc2)nc1C. The highest BCUT2D eigenvalue weighted by molar-refractivity contribution is 7.17. The fourth-order valence-electron chi connectivity index (χ4n) is 5.18. The van der Waals surface area contributed by atoms with Crippen molar-refractivity contribution in [3.8, 4) is 5.75 Å². The van der Waals surface area contributed by atoms with E-state index < -0.39 is 23.7 Å². The lowest BCUT2D eigenvalue weighted by Crippen LogP contribution is -2.29. The Labute approximate surface area is 272 Å². The van der Waals surface area contributed by atoms with Crippen LogP contribution in [0, 0.1) is 13.8 Å². The van der Waals surface area contributed by atoms with Crippen LogP contribution in [0.4, 0.5) is 5.13 Å². The van der Waals surface area contributed by atoms with Crippen molar-refractivity contribution in [3.05, 3.63) is 129 Å². The Morgan fingerprint density at radius 1 is 1.02 bits per heavy atom. The van der Waals surface area contributed by atoms with Gasteiger partial charge in [0, 0.05) is 5.56 Å². The first-order chi connectivity index (χ1) is 21.9. The highest BCUT2D eigenvalue weighted by Crippen LogP contribution is 2.44. The van der Waals surface area contributed by atoms with Gasteiger partial charge in [-0.1, -0.05) is 93.3 Å². The third-order valence-electron chi connectivity index (χ3n) is 7.83.